The van der Waals surface area contributed by atoms with Crippen LogP contribution in [0.3, 0.4) is 0 Å². The van der Waals surface area contributed by atoms with Crippen molar-refractivity contribution in [2.24, 2.45) is 5.73 Å². The molecule has 10 N–H and O–H groups in total. The van der Waals surface area contributed by atoms with E-state index in [9.17, 15) is 9.59 Å². The van der Waals surface area contributed by atoms with E-state index < -0.39 is 24.1 Å². The first kappa shape index (κ1) is 26.7. The molecule has 0 spiro atoms. The highest BCUT2D eigenvalue weighted by Gasteiger charge is 2.20. The van der Waals surface area contributed by atoms with Gasteiger partial charge in [-0.15, -0.1) is 0 Å². The topological polar surface area (TPSA) is 181 Å². The molecule has 3 saturated heterocycles. The quantitative estimate of drug-likeness (QED) is 0.232. The van der Waals surface area contributed by atoms with E-state index >= 15 is 0 Å². The normalized spacial score (nSPS) is 23.3. The van der Waals surface area contributed by atoms with Gasteiger partial charge in [-0.1, -0.05) is 0 Å². The molecule has 0 bridgehead atoms. The van der Waals surface area contributed by atoms with Gasteiger partial charge >= 0.3 is 11.9 Å². The van der Waals surface area contributed by atoms with Crippen molar-refractivity contribution in [3.63, 3.8) is 0 Å². The lowest BCUT2D eigenvalue weighted by atomic mass is 10.2. The average Bonchev–Trinajstić information content (AvgIpc) is 3.27. The highest BCUT2D eigenvalue weighted by molar-refractivity contribution is 5.74. The van der Waals surface area contributed by atoms with Gasteiger partial charge in [0.25, 0.3) is 0 Å². The van der Waals surface area contributed by atoms with Crippen LogP contribution in [0.4, 0.5) is 0 Å². The maximum absolute atomic E-state index is 10.1. The van der Waals surface area contributed by atoms with Crippen LogP contribution in [0, 0.1) is 0 Å². The number of aliphatic hydroxyl groups is 1. The third kappa shape index (κ3) is 15.7. The summed E-state index contributed by atoms with van der Waals surface area (Å²) >= 11 is 0. The average molecular weight is 407 g/mol. The molecule has 0 aromatic carbocycles. The van der Waals surface area contributed by atoms with E-state index in [1.165, 1.54) is 6.92 Å². The van der Waals surface area contributed by atoms with Crippen LogP contribution in [0.2, 0.25) is 0 Å². The Bertz CT molecular complexity index is 352. The number of hydrogen-bond donors (Lipinski definition) is 9. The summed E-state index contributed by atoms with van der Waals surface area (Å²) < 4.78 is 0. The lowest BCUT2D eigenvalue weighted by Gasteiger charge is -2.11. The minimum Gasteiger partial charge on any atom is -0.480 e. The first-order chi connectivity index (χ1) is 13.4. The van der Waals surface area contributed by atoms with Crippen LogP contribution in [0.25, 0.3) is 0 Å². The predicted molar refractivity (Wildman–Crippen MR) is 107 cm³/mol. The summed E-state index contributed by atoms with van der Waals surface area (Å²) in [7, 11) is 0. The van der Waals surface area contributed by atoms with E-state index in [0.29, 0.717) is 0 Å². The Morgan fingerprint density at radius 3 is 1.36 bits per heavy atom. The van der Waals surface area contributed by atoms with Gasteiger partial charge in [0.2, 0.25) is 0 Å². The molecule has 0 aromatic rings. The Morgan fingerprint density at radius 2 is 1.25 bits per heavy atom. The number of carbonyl (C=O) groups is 2. The number of aliphatic carboxylic acids is 2. The summed E-state index contributed by atoms with van der Waals surface area (Å²) in [6.45, 7) is 11.3. The van der Waals surface area contributed by atoms with E-state index in [0.717, 1.165) is 71.7 Å². The van der Waals surface area contributed by atoms with Crippen molar-refractivity contribution in [3.05, 3.63) is 0 Å². The third-order valence-corrected chi connectivity index (χ3v) is 4.08. The van der Waals surface area contributed by atoms with Gasteiger partial charge in [-0.05, 0) is 26.3 Å². The summed E-state index contributed by atoms with van der Waals surface area (Å²) in [5, 5.41) is 40.6. The number of carboxylic acid groups (broad SMARTS) is 2. The molecule has 0 radical (unpaired) electrons. The van der Waals surface area contributed by atoms with Crippen molar-refractivity contribution in [1.29, 1.82) is 0 Å². The number of hydrogen-bond acceptors (Lipinski definition) is 9. The number of piperazine rings is 2. The standard InChI is InChI=1S/C5H9NO2.2C4H10N2.C4H9NO3/c7-5(8)4-2-1-3-6-4;2*1-2-6-4-3-5-1;1-2(6)3(5)4(7)8/h4,6H,1-3H2,(H,7,8);2*5-6H,1-4H2;2-3,6H,5H2,1H3,(H,7,8)/t4-;;;/m0.../s1. The molecular weight excluding hydrogens is 368 g/mol. The Labute approximate surface area is 166 Å². The minimum atomic E-state index is -1.18. The molecule has 166 valence electrons. The van der Waals surface area contributed by atoms with Crippen LogP contribution < -0.4 is 32.3 Å². The van der Waals surface area contributed by atoms with Crippen molar-refractivity contribution in [2.45, 2.75) is 38.0 Å². The van der Waals surface area contributed by atoms with Crippen LogP contribution in [0.15, 0.2) is 0 Å². The third-order valence-electron chi connectivity index (χ3n) is 4.08. The number of rotatable bonds is 3. The van der Waals surface area contributed by atoms with Crippen LogP contribution >= 0.6 is 0 Å². The lowest BCUT2D eigenvalue weighted by molar-refractivity contribution is -0.141. The first-order valence-electron chi connectivity index (χ1n) is 9.81. The maximum Gasteiger partial charge on any atom is 0.323 e. The number of nitrogens with two attached hydrogens (primary N) is 1. The maximum atomic E-state index is 10.1. The van der Waals surface area contributed by atoms with Crippen molar-refractivity contribution >= 4 is 11.9 Å². The number of aliphatic hydroxyl groups excluding tert-OH is 1. The van der Waals surface area contributed by atoms with Crippen molar-refractivity contribution in [3.8, 4) is 0 Å². The van der Waals surface area contributed by atoms with Gasteiger partial charge < -0.3 is 47.6 Å². The van der Waals surface area contributed by atoms with Crippen molar-refractivity contribution < 1.29 is 24.9 Å². The second-order valence-corrected chi connectivity index (χ2v) is 6.59. The first-order valence-corrected chi connectivity index (χ1v) is 9.81. The second-order valence-electron chi connectivity index (χ2n) is 6.59. The molecule has 3 rings (SSSR count). The van der Waals surface area contributed by atoms with E-state index in [4.69, 9.17) is 21.1 Å². The molecule has 3 aliphatic heterocycles. The Kier molecular flexibility index (Phi) is 16.9. The molecule has 3 heterocycles. The predicted octanol–water partition coefficient (Wildman–Crippen LogP) is -3.04. The molecule has 11 nitrogen and oxygen atoms in total. The second kappa shape index (κ2) is 17.7. The Hall–Kier alpha value is -1.34. The Balaban J connectivity index is 0.000000350. The van der Waals surface area contributed by atoms with Gasteiger partial charge in [-0.3, -0.25) is 9.59 Å². The Morgan fingerprint density at radius 1 is 0.857 bits per heavy atom. The minimum absolute atomic E-state index is 0.269. The van der Waals surface area contributed by atoms with Gasteiger partial charge in [-0.25, -0.2) is 0 Å². The summed E-state index contributed by atoms with van der Waals surface area (Å²) in [6.07, 6.45) is 0.805. The van der Waals surface area contributed by atoms with E-state index in [-0.39, 0.29) is 6.04 Å². The zero-order valence-corrected chi connectivity index (χ0v) is 16.7. The fourth-order valence-corrected chi connectivity index (χ4v) is 2.31. The van der Waals surface area contributed by atoms with Crippen LogP contribution in [0.5, 0.6) is 0 Å². The summed E-state index contributed by atoms with van der Waals surface area (Å²) in [6, 6.07) is -1.43. The fourth-order valence-electron chi connectivity index (χ4n) is 2.31. The zero-order chi connectivity index (χ0) is 21.2. The van der Waals surface area contributed by atoms with Gasteiger partial charge in [0, 0.05) is 52.4 Å². The van der Waals surface area contributed by atoms with E-state index in [1.807, 2.05) is 0 Å². The van der Waals surface area contributed by atoms with Crippen molar-refractivity contribution in [1.82, 2.24) is 26.6 Å². The molecule has 0 saturated carbocycles. The van der Waals surface area contributed by atoms with Crippen LogP contribution in [0.1, 0.15) is 19.8 Å². The summed E-state index contributed by atoms with van der Waals surface area (Å²) in [5.41, 5.74) is 4.91. The molecule has 28 heavy (non-hydrogen) atoms. The SMILES string of the molecule is C1CNCCN1.C1CNCCN1.CC(O)C(N)C(=O)O.O=C(O)[C@@H]1CCCN1. The van der Waals surface area contributed by atoms with Gasteiger partial charge in [0.05, 0.1) is 6.10 Å². The number of nitrogens with one attached hydrogen (secondary N) is 5. The fraction of sp³-hybridized carbons (Fsp3) is 0.882. The van der Waals surface area contributed by atoms with E-state index in [2.05, 4.69) is 26.6 Å². The van der Waals surface area contributed by atoms with Crippen LogP contribution in [-0.2, 0) is 9.59 Å². The van der Waals surface area contributed by atoms with Gasteiger partial charge in [0.15, 0.2) is 0 Å². The molecule has 3 aliphatic rings. The van der Waals surface area contributed by atoms with Gasteiger partial charge in [-0.2, -0.15) is 0 Å². The zero-order valence-electron chi connectivity index (χ0n) is 16.7. The molecule has 3 atom stereocenters. The largest absolute Gasteiger partial charge is 0.480 e. The van der Waals surface area contributed by atoms with Gasteiger partial charge in [0.1, 0.15) is 12.1 Å². The van der Waals surface area contributed by atoms with Crippen molar-refractivity contribution in [2.75, 3.05) is 58.9 Å². The summed E-state index contributed by atoms with van der Waals surface area (Å²) in [4.78, 5) is 20.0. The summed E-state index contributed by atoms with van der Waals surface area (Å²) in [5.74, 6) is -1.90. The van der Waals surface area contributed by atoms with E-state index in [1.54, 1.807) is 0 Å². The lowest BCUT2D eigenvalue weighted by Crippen LogP contribution is -2.39. The smallest absolute Gasteiger partial charge is 0.323 e. The number of carboxylic acids is 2. The molecule has 3 fully saturated rings. The molecule has 11 heteroatoms. The monoisotopic (exact) mass is 406 g/mol. The molecule has 2 unspecified atom stereocenters. The highest BCUT2D eigenvalue weighted by Crippen LogP contribution is 2.03. The molecule has 0 aliphatic carbocycles. The van der Waals surface area contributed by atoms with Crippen LogP contribution in [-0.4, -0.2) is 104 Å². The molecule has 0 amide bonds. The molecular formula is C17H38N6O5. The highest BCUT2D eigenvalue weighted by atomic mass is 16.4. The molecule has 0 aromatic heterocycles.